The van der Waals surface area contributed by atoms with Crippen LogP contribution in [0.15, 0.2) is 36.9 Å². The minimum absolute atomic E-state index is 0.0250. The predicted octanol–water partition coefficient (Wildman–Crippen LogP) is 2.80. The smallest absolute Gasteiger partial charge is 0.270 e. The molecule has 0 aliphatic heterocycles. The summed E-state index contributed by atoms with van der Waals surface area (Å²) in [4.78, 5) is 26.6. The summed E-state index contributed by atoms with van der Waals surface area (Å²) in [5, 5.41) is 14.8. The molecule has 0 bridgehead atoms. The van der Waals surface area contributed by atoms with Gasteiger partial charge in [-0.2, -0.15) is 5.10 Å². The lowest BCUT2D eigenvalue weighted by Gasteiger charge is -2.08. The van der Waals surface area contributed by atoms with Crippen LogP contribution >= 0.6 is 0 Å². The Morgan fingerprint density at radius 3 is 2.82 bits per heavy atom. The maximum Gasteiger partial charge on any atom is 0.270 e. The predicted molar refractivity (Wildman–Crippen MR) is 81.7 cm³/mol. The summed E-state index contributed by atoms with van der Waals surface area (Å²) in [6.45, 7) is 3.90. The van der Waals surface area contributed by atoms with Gasteiger partial charge in [0.15, 0.2) is 5.78 Å². The molecular weight excluding hydrogens is 284 g/mol. The quantitative estimate of drug-likeness (QED) is 0.465. The molecule has 0 aliphatic carbocycles. The number of aromatic nitrogens is 3. The fourth-order valence-corrected chi connectivity index (χ4v) is 1.97. The van der Waals surface area contributed by atoms with Crippen molar-refractivity contribution in [2.75, 3.05) is 0 Å². The molecule has 0 atom stereocenters. The number of rotatable bonds is 6. The average Bonchev–Trinajstić information content (AvgIpc) is 2.98. The Bertz CT molecular complexity index is 705. The summed E-state index contributed by atoms with van der Waals surface area (Å²) < 4.78 is 1.38. The Kier molecular flexibility index (Phi) is 4.77. The van der Waals surface area contributed by atoms with Gasteiger partial charge in [0.1, 0.15) is 18.4 Å². The van der Waals surface area contributed by atoms with Crippen LogP contribution in [0.2, 0.25) is 0 Å². The third-order valence-corrected chi connectivity index (χ3v) is 2.93. The van der Waals surface area contributed by atoms with Crippen LogP contribution in [0.5, 0.6) is 0 Å². The number of hydrogen-bond donors (Lipinski definition) is 0. The zero-order valence-electron chi connectivity index (χ0n) is 12.3. The number of nitro benzene ring substituents is 1. The summed E-state index contributed by atoms with van der Waals surface area (Å²) >= 11 is 0. The molecule has 1 aromatic carbocycles. The van der Waals surface area contributed by atoms with Crippen molar-refractivity contribution < 1.29 is 9.72 Å². The van der Waals surface area contributed by atoms with Crippen molar-refractivity contribution in [2.45, 2.75) is 20.3 Å². The first kappa shape index (κ1) is 15.6. The van der Waals surface area contributed by atoms with Crippen molar-refractivity contribution in [3.63, 3.8) is 0 Å². The minimum Gasteiger partial charge on any atom is -0.292 e. The van der Waals surface area contributed by atoms with Crippen LogP contribution < -0.4 is 0 Å². The molecule has 7 heteroatoms. The van der Waals surface area contributed by atoms with Gasteiger partial charge >= 0.3 is 0 Å². The molecule has 0 unspecified atom stereocenters. The summed E-state index contributed by atoms with van der Waals surface area (Å²) in [7, 11) is 0. The van der Waals surface area contributed by atoms with Crippen LogP contribution in [0.4, 0.5) is 5.69 Å². The van der Waals surface area contributed by atoms with Crippen LogP contribution in [0.3, 0.4) is 0 Å². The Morgan fingerprint density at radius 2 is 2.23 bits per heavy atom. The number of benzene rings is 1. The van der Waals surface area contributed by atoms with Gasteiger partial charge in [-0.15, -0.1) is 0 Å². The monoisotopic (exact) mass is 300 g/mol. The third-order valence-electron chi connectivity index (χ3n) is 2.93. The molecule has 22 heavy (non-hydrogen) atoms. The highest BCUT2D eigenvalue weighted by Crippen LogP contribution is 2.19. The molecule has 0 radical (unpaired) electrons. The number of non-ortho nitro benzene ring substituents is 1. The van der Waals surface area contributed by atoms with E-state index < -0.39 is 4.92 Å². The summed E-state index contributed by atoms with van der Waals surface area (Å²) in [5.41, 5.74) is 0.881. The molecule has 2 aromatic rings. The first-order valence-electron chi connectivity index (χ1n) is 6.81. The highest BCUT2D eigenvalue weighted by molar-refractivity contribution is 6.19. The second-order valence-corrected chi connectivity index (χ2v) is 5.24. The standard InChI is InChI=1S/C15H16N4O3/c1-11(2)6-15(20)14(18-10-16-9-17-18)8-12-4-3-5-13(7-12)19(21)22/h3-5,7-11H,6H2,1-2H3/b14-8-. The number of carbonyl (C=O) groups excluding carboxylic acids is 1. The maximum atomic E-state index is 12.4. The van der Waals surface area contributed by atoms with Gasteiger partial charge in [0.05, 0.1) is 4.92 Å². The highest BCUT2D eigenvalue weighted by atomic mass is 16.6. The van der Waals surface area contributed by atoms with Gasteiger partial charge in [0.25, 0.3) is 5.69 Å². The summed E-state index contributed by atoms with van der Waals surface area (Å²) in [6, 6.07) is 6.10. The van der Waals surface area contributed by atoms with Crippen molar-refractivity contribution in [3.05, 3.63) is 52.6 Å². The lowest BCUT2D eigenvalue weighted by molar-refractivity contribution is -0.384. The van der Waals surface area contributed by atoms with Crippen LogP contribution in [0, 0.1) is 16.0 Å². The van der Waals surface area contributed by atoms with Crippen LogP contribution in [-0.2, 0) is 4.79 Å². The molecule has 0 spiro atoms. The van der Waals surface area contributed by atoms with Crippen molar-refractivity contribution in [1.82, 2.24) is 14.8 Å². The first-order valence-corrected chi connectivity index (χ1v) is 6.81. The largest absolute Gasteiger partial charge is 0.292 e. The van der Waals surface area contributed by atoms with Gasteiger partial charge < -0.3 is 0 Å². The van der Waals surface area contributed by atoms with Gasteiger partial charge in [0.2, 0.25) is 0 Å². The normalized spacial score (nSPS) is 11.7. The maximum absolute atomic E-state index is 12.4. The molecule has 7 nitrogen and oxygen atoms in total. The minimum atomic E-state index is -0.470. The number of hydrogen-bond acceptors (Lipinski definition) is 5. The van der Waals surface area contributed by atoms with Gasteiger partial charge in [0, 0.05) is 18.6 Å². The van der Waals surface area contributed by atoms with Crippen molar-refractivity contribution in [1.29, 1.82) is 0 Å². The number of allylic oxidation sites excluding steroid dienone is 1. The first-order chi connectivity index (χ1) is 10.5. The molecule has 1 heterocycles. The highest BCUT2D eigenvalue weighted by Gasteiger charge is 2.15. The van der Waals surface area contributed by atoms with E-state index in [4.69, 9.17) is 0 Å². The van der Waals surface area contributed by atoms with E-state index in [2.05, 4.69) is 10.1 Å². The Morgan fingerprint density at radius 1 is 1.45 bits per heavy atom. The second kappa shape index (κ2) is 6.75. The summed E-state index contributed by atoms with van der Waals surface area (Å²) in [6.07, 6.45) is 4.72. The van der Waals surface area contributed by atoms with Crippen LogP contribution in [0.1, 0.15) is 25.8 Å². The summed E-state index contributed by atoms with van der Waals surface area (Å²) in [5.74, 6) is 0.108. The molecule has 1 aromatic heterocycles. The topological polar surface area (TPSA) is 90.9 Å². The number of Topliss-reactive ketones (excluding diaryl/α,β-unsaturated/α-hetero) is 1. The van der Waals surface area contributed by atoms with Crippen molar-refractivity contribution >= 4 is 23.2 Å². The molecule has 0 aliphatic rings. The second-order valence-electron chi connectivity index (χ2n) is 5.24. The molecule has 0 N–H and O–H groups in total. The van der Waals surface area contributed by atoms with E-state index in [9.17, 15) is 14.9 Å². The van der Waals surface area contributed by atoms with Crippen molar-refractivity contribution in [2.24, 2.45) is 5.92 Å². The van der Waals surface area contributed by atoms with Gasteiger partial charge in [-0.25, -0.2) is 9.67 Å². The van der Waals surface area contributed by atoms with Gasteiger partial charge in [-0.1, -0.05) is 26.0 Å². The van der Waals surface area contributed by atoms with E-state index >= 15 is 0 Å². The number of nitrogens with zero attached hydrogens (tertiary/aromatic N) is 4. The van der Waals surface area contributed by atoms with E-state index in [0.29, 0.717) is 17.7 Å². The zero-order chi connectivity index (χ0) is 16.1. The number of nitro groups is 1. The fourth-order valence-electron chi connectivity index (χ4n) is 1.97. The number of carbonyl (C=O) groups is 1. The molecule has 0 fully saturated rings. The van der Waals surface area contributed by atoms with E-state index in [1.807, 2.05) is 13.8 Å². The fraction of sp³-hybridized carbons (Fsp3) is 0.267. The van der Waals surface area contributed by atoms with Gasteiger partial charge in [-0.05, 0) is 17.6 Å². The Balaban J connectivity index is 2.42. The van der Waals surface area contributed by atoms with E-state index in [0.717, 1.165) is 0 Å². The Hall–Kier alpha value is -2.83. The molecule has 0 amide bonds. The van der Waals surface area contributed by atoms with E-state index in [1.54, 1.807) is 18.2 Å². The molecule has 2 rings (SSSR count). The van der Waals surface area contributed by atoms with Crippen molar-refractivity contribution in [3.8, 4) is 0 Å². The average molecular weight is 300 g/mol. The Labute approximate surface area is 127 Å². The molecule has 0 saturated carbocycles. The lowest BCUT2D eigenvalue weighted by Crippen LogP contribution is -2.11. The molecule has 114 valence electrons. The van der Waals surface area contributed by atoms with Crippen LogP contribution in [-0.4, -0.2) is 25.5 Å². The lowest BCUT2D eigenvalue weighted by atomic mass is 10.0. The third kappa shape index (κ3) is 3.85. The van der Waals surface area contributed by atoms with E-state index in [1.165, 1.54) is 29.5 Å². The number of ketones is 1. The SMILES string of the molecule is CC(C)CC(=O)/C(=C/c1cccc([N+](=O)[O-])c1)n1cncn1. The van der Waals surface area contributed by atoms with Gasteiger partial charge in [-0.3, -0.25) is 14.9 Å². The van der Waals surface area contributed by atoms with Crippen LogP contribution in [0.25, 0.3) is 11.8 Å². The molecular formula is C15H16N4O3. The molecule has 0 saturated heterocycles. The van der Waals surface area contributed by atoms with E-state index in [-0.39, 0.29) is 17.4 Å². The zero-order valence-corrected chi connectivity index (χ0v) is 12.3.